The fourth-order valence-corrected chi connectivity index (χ4v) is 4.51. The second-order valence-corrected chi connectivity index (χ2v) is 8.77. The fraction of sp³-hybridized carbons (Fsp3) is 0.179. The zero-order chi connectivity index (χ0) is 25.4. The average molecular weight is 485 g/mol. The first kappa shape index (κ1) is 23.3. The lowest BCUT2D eigenvalue weighted by Crippen LogP contribution is -2.46. The van der Waals surface area contributed by atoms with Crippen LogP contribution in [0.5, 0.6) is 5.75 Å². The van der Waals surface area contributed by atoms with Gasteiger partial charge in [-0.05, 0) is 86.0 Å². The molecule has 1 N–H and O–H groups in total. The lowest BCUT2D eigenvalue weighted by atomic mass is 9.94. The molecule has 8 heteroatoms. The minimum absolute atomic E-state index is 0.266. The van der Waals surface area contributed by atoms with Crippen molar-refractivity contribution in [3.63, 3.8) is 0 Å². The topological polar surface area (TPSA) is 80.5 Å². The van der Waals surface area contributed by atoms with Crippen LogP contribution in [0.1, 0.15) is 35.5 Å². The summed E-state index contributed by atoms with van der Waals surface area (Å²) in [5, 5.41) is 7.23. The molecule has 2 heterocycles. The van der Waals surface area contributed by atoms with Crippen LogP contribution in [-0.4, -0.2) is 23.3 Å². The molecule has 1 aliphatic heterocycles. The number of carbonyl (C=O) groups is 1. The van der Waals surface area contributed by atoms with Crippen LogP contribution in [0.15, 0.2) is 77.0 Å². The molecule has 1 aromatic heterocycles. The molecule has 1 aliphatic rings. The minimum atomic E-state index is -0.607. The number of anilines is 1. The number of aryl methyl sites for hydroxylation is 2. The molecule has 0 spiro atoms. The molecule has 182 valence electrons. The molecule has 0 aliphatic carbocycles. The quantitative estimate of drug-likeness (QED) is 0.365. The Hall–Kier alpha value is -4.46. The Morgan fingerprint density at radius 3 is 2.28 bits per heavy atom. The molecule has 1 atom stereocenters. The van der Waals surface area contributed by atoms with E-state index >= 15 is 0 Å². The van der Waals surface area contributed by atoms with Crippen LogP contribution in [0.4, 0.5) is 14.9 Å². The number of rotatable bonds is 5. The number of hydrogen-bond acceptors (Lipinski definition) is 5. The lowest BCUT2D eigenvalue weighted by Gasteiger charge is -2.35. The monoisotopic (exact) mass is 484 g/mol. The van der Waals surface area contributed by atoms with Crippen LogP contribution in [0, 0.1) is 19.7 Å². The van der Waals surface area contributed by atoms with Crippen molar-refractivity contribution in [2.75, 3.05) is 12.0 Å². The number of halogens is 1. The van der Waals surface area contributed by atoms with E-state index in [1.54, 1.807) is 24.1 Å². The number of nitrogens with zero attached hydrogens (tertiary/aromatic N) is 3. The lowest BCUT2D eigenvalue weighted by molar-refractivity contribution is 0.244. The maximum atomic E-state index is 13.7. The molecule has 0 saturated carbocycles. The maximum Gasteiger partial charge on any atom is 0.326 e. The fourth-order valence-electron chi connectivity index (χ4n) is 4.51. The highest BCUT2D eigenvalue weighted by Crippen LogP contribution is 2.39. The van der Waals surface area contributed by atoms with Crippen molar-refractivity contribution in [3.05, 3.63) is 101 Å². The van der Waals surface area contributed by atoms with Gasteiger partial charge in [-0.3, -0.25) is 4.90 Å². The number of nitrogens with one attached hydrogen (secondary N) is 1. The van der Waals surface area contributed by atoms with E-state index in [-0.39, 0.29) is 17.7 Å². The minimum Gasteiger partial charge on any atom is -0.497 e. The number of benzene rings is 3. The smallest absolute Gasteiger partial charge is 0.326 e. The standard InChI is InChI=1S/C28H25FN4O3/c1-16-13-17(2)15-22(14-16)33-18(3)24(25(30-28(33)34)19-5-9-21(29)10-6-19)27-31-26(32-36-27)20-7-11-23(35-4)12-8-20/h5-15,25H,1-4H3,(H,30,34). The molecule has 1 unspecified atom stereocenters. The summed E-state index contributed by atoms with van der Waals surface area (Å²) in [6.45, 7) is 5.82. The van der Waals surface area contributed by atoms with Crippen molar-refractivity contribution in [3.8, 4) is 17.1 Å². The number of urea groups is 1. The molecule has 3 aromatic carbocycles. The van der Waals surface area contributed by atoms with Crippen LogP contribution < -0.4 is 15.0 Å². The van der Waals surface area contributed by atoms with E-state index in [0.29, 0.717) is 22.7 Å². The highest BCUT2D eigenvalue weighted by atomic mass is 19.1. The van der Waals surface area contributed by atoms with Gasteiger partial charge in [0.25, 0.3) is 5.89 Å². The summed E-state index contributed by atoms with van der Waals surface area (Å²) < 4.78 is 24.6. The summed E-state index contributed by atoms with van der Waals surface area (Å²) >= 11 is 0. The largest absolute Gasteiger partial charge is 0.497 e. The molecule has 0 fully saturated rings. The Kier molecular flexibility index (Phi) is 6.01. The number of allylic oxidation sites excluding steroid dienone is 1. The van der Waals surface area contributed by atoms with Crippen molar-refractivity contribution >= 4 is 17.3 Å². The highest BCUT2D eigenvalue weighted by molar-refractivity contribution is 6.01. The van der Waals surface area contributed by atoms with Gasteiger partial charge < -0.3 is 14.6 Å². The highest BCUT2D eigenvalue weighted by Gasteiger charge is 2.36. The SMILES string of the molecule is COc1ccc(-c2noc(C3=C(C)N(c4cc(C)cc(C)c4)C(=O)NC3c3ccc(F)cc3)n2)cc1. The number of aromatic nitrogens is 2. The van der Waals surface area contributed by atoms with Gasteiger partial charge in [-0.1, -0.05) is 23.4 Å². The van der Waals surface area contributed by atoms with Crippen LogP contribution in [0.2, 0.25) is 0 Å². The average Bonchev–Trinajstić information content (AvgIpc) is 3.33. The third-order valence-electron chi connectivity index (χ3n) is 6.16. The van der Waals surface area contributed by atoms with E-state index in [2.05, 4.69) is 15.5 Å². The first-order valence-electron chi connectivity index (χ1n) is 11.5. The molecule has 7 nitrogen and oxygen atoms in total. The van der Waals surface area contributed by atoms with Gasteiger partial charge in [0.05, 0.1) is 24.4 Å². The predicted octanol–water partition coefficient (Wildman–Crippen LogP) is 6.20. The summed E-state index contributed by atoms with van der Waals surface area (Å²) in [7, 11) is 1.60. The van der Waals surface area contributed by atoms with Gasteiger partial charge in [0.2, 0.25) is 5.82 Å². The first-order valence-corrected chi connectivity index (χ1v) is 11.5. The normalized spacial score (nSPS) is 15.8. The van der Waals surface area contributed by atoms with Crippen LogP contribution in [0.3, 0.4) is 0 Å². The van der Waals surface area contributed by atoms with Crippen LogP contribution in [-0.2, 0) is 0 Å². The molecule has 4 aromatic rings. The van der Waals surface area contributed by atoms with Gasteiger partial charge in [0, 0.05) is 11.3 Å². The summed E-state index contributed by atoms with van der Waals surface area (Å²) in [6.07, 6.45) is 0. The molecule has 0 bridgehead atoms. The van der Waals surface area contributed by atoms with E-state index < -0.39 is 6.04 Å². The van der Waals surface area contributed by atoms with E-state index in [1.165, 1.54) is 12.1 Å². The van der Waals surface area contributed by atoms with E-state index in [9.17, 15) is 9.18 Å². The summed E-state index contributed by atoms with van der Waals surface area (Å²) in [4.78, 5) is 19.6. The van der Waals surface area contributed by atoms with Crippen LogP contribution in [0.25, 0.3) is 17.0 Å². The molecular weight excluding hydrogens is 459 g/mol. The Balaban J connectivity index is 1.64. The van der Waals surface area contributed by atoms with E-state index in [1.807, 2.05) is 63.2 Å². The molecule has 0 saturated heterocycles. The van der Waals surface area contributed by atoms with Crippen molar-refractivity contribution in [2.45, 2.75) is 26.8 Å². The number of ether oxygens (including phenoxy) is 1. The molecule has 5 rings (SSSR count). The van der Waals surface area contributed by atoms with Gasteiger partial charge in [0.15, 0.2) is 0 Å². The van der Waals surface area contributed by atoms with Gasteiger partial charge in [-0.2, -0.15) is 4.98 Å². The molecule has 2 amide bonds. The zero-order valence-corrected chi connectivity index (χ0v) is 20.4. The Morgan fingerprint density at radius 1 is 0.972 bits per heavy atom. The van der Waals surface area contributed by atoms with Crippen LogP contribution >= 0.6 is 0 Å². The summed E-state index contributed by atoms with van der Waals surface area (Å²) in [5.74, 6) is 1.03. The molecular formula is C28H25FN4O3. The van der Waals surface area contributed by atoms with Gasteiger partial charge in [-0.15, -0.1) is 0 Å². The Labute approximate surface area is 208 Å². The maximum absolute atomic E-state index is 13.7. The number of amides is 2. The Morgan fingerprint density at radius 2 is 1.64 bits per heavy atom. The predicted molar refractivity (Wildman–Crippen MR) is 135 cm³/mol. The van der Waals surface area contributed by atoms with Gasteiger partial charge >= 0.3 is 6.03 Å². The number of carbonyl (C=O) groups excluding carboxylic acids is 1. The van der Waals surface area contributed by atoms with E-state index in [0.717, 1.165) is 28.1 Å². The second kappa shape index (κ2) is 9.30. The summed E-state index contributed by atoms with van der Waals surface area (Å²) in [6, 6.07) is 18.4. The summed E-state index contributed by atoms with van der Waals surface area (Å²) in [5.41, 5.74) is 5.53. The van der Waals surface area contributed by atoms with Crippen molar-refractivity contribution in [2.24, 2.45) is 0 Å². The van der Waals surface area contributed by atoms with Gasteiger partial charge in [0.1, 0.15) is 11.6 Å². The van der Waals surface area contributed by atoms with Crippen molar-refractivity contribution in [1.82, 2.24) is 15.5 Å². The second-order valence-electron chi connectivity index (χ2n) is 8.77. The van der Waals surface area contributed by atoms with Gasteiger partial charge in [-0.25, -0.2) is 9.18 Å². The van der Waals surface area contributed by atoms with Crippen molar-refractivity contribution < 1.29 is 18.4 Å². The number of hydrogen-bond donors (Lipinski definition) is 1. The van der Waals surface area contributed by atoms with Crippen molar-refractivity contribution in [1.29, 1.82) is 0 Å². The van der Waals surface area contributed by atoms with E-state index in [4.69, 9.17) is 9.26 Å². The molecule has 0 radical (unpaired) electrons. The third-order valence-corrected chi connectivity index (χ3v) is 6.16. The number of methoxy groups -OCH3 is 1. The zero-order valence-electron chi connectivity index (χ0n) is 20.4. The molecule has 36 heavy (non-hydrogen) atoms. The Bertz CT molecular complexity index is 1440. The first-order chi connectivity index (χ1) is 17.3. The third kappa shape index (κ3) is 4.33.